The number of nitrogens with zero attached hydrogens (tertiary/aromatic N) is 3. The van der Waals surface area contributed by atoms with Gasteiger partial charge in [-0.05, 0) is 48.6 Å². The predicted octanol–water partition coefficient (Wildman–Crippen LogP) is 2.79. The largest absolute Gasteiger partial charge is 0.395 e. The number of aliphatic hydroxyl groups excluding tert-OH is 1. The molecule has 2 aromatic rings. The van der Waals surface area contributed by atoms with E-state index in [2.05, 4.69) is 20.6 Å². The Bertz CT molecular complexity index is 1290. The summed E-state index contributed by atoms with van der Waals surface area (Å²) in [6.45, 7) is 4.43. The van der Waals surface area contributed by atoms with Crippen molar-refractivity contribution >= 4 is 35.1 Å². The number of carbonyl (C=O) groups is 2. The molecule has 2 amide bonds. The highest BCUT2D eigenvalue weighted by Gasteiger charge is 2.46. The Morgan fingerprint density at radius 1 is 1.24 bits per heavy atom. The molecule has 1 saturated carbocycles. The van der Waals surface area contributed by atoms with E-state index >= 15 is 0 Å². The van der Waals surface area contributed by atoms with Crippen LogP contribution in [0.2, 0.25) is 0 Å². The van der Waals surface area contributed by atoms with Gasteiger partial charge in [0.15, 0.2) is 0 Å². The number of rotatable bonds is 8. The summed E-state index contributed by atoms with van der Waals surface area (Å²) in [5, 5.41) is 15.9. The second kappa shape index (κ2) is 11.0. The smallest absolute Gasteiger partial charge is 0.250 e. The van der Waals surface area contributed by atoms with Gasteiger partial charge in [-0.1, -0.05) is 25.5 Å². The number of amidine groups is 1. The minimum Gasteiger partial charge on any atom is -0.395 e. The van der Waals surface area contributed by atoms with Crippen LogP contribution in [0.1, 0.15) is 61.4 Å². The third-order valence-corrected chi connectivity index (χ3v) is 7.79. The molecule has 0 unspecified atom stereocenters. The van der Waals surface area contributed by atoms with E-state index in [1.165, 1.54) is 0 Å². The zero-order valence-corrected chi connectivity index (χ0v) is 21.9. The third-order valence-electron chi connectivity index (χ3n) is 7.79. The van der Waals surface area contributed by atoms with Crippen LogP contribution in [0.3, 0.4) is 0 Å². The summed E-state index contributed by atoms with van der Waals surface area (Å²) in [6.07, 6.45) is 7.99. The average Bonchev–Trinajstić information content (AvgIpc) is 3.05. The summed E-state index contributed by atoms with van der Waals surface area (Å²) in [6, 6.07) is 7.86. The van der Waals surface area contributed by atoms with Crippen molar-refractivity contribution in [2.24, 2.45) is 10.7 Å². The van der Waals surface area contributed by atoms with Crippen molar-refractivity contribution in [1.29, 1.82) is 0 Å². The molecule has 1 aromatic heterocycles. The summed E-state index contributed by atoms with van der Waals surface area (Å²) in [7, 11) is 0. The Kier molecular flexibility index (Phi) is 7.58. The highest BCUT2D eigenvalue weighted by molar-refractivity contribution is 6.06. The minimum absolute atomic E-state index is 0.0367. The number of pyridine rings is 1. The van der Waals surface area contributed by atoms with Gasteiger partial charge in [-0.2, -0.15) is 0 Å². The van der Waals surface area contributed by atoms with Crippen LogP contribution >= 0.6 is 0 Å². The molecule has 0 spiro atoms. The molecule has 3 heterocycles. The Balaban J connectivity index is 1.41. The summed E-state index contributed by atoms with van der Waals surface area (Å²) in [5.41, 5.74) is 11.4. The van der Waals surface area contributed by atoms with Crippen LogP contribution in [-0.4, -0.2) is 58.9 Å². The van der Waals surface area contributed by atoms with Crippen LogP contribution in [-0.2, 0) is 28.0 Å². The number of amides is 2. The van der Waals surface area contributed by atoms with E-state index in [0.29, 0.717) is 29.3 Å². The minimum atomic E-state index is -0.638. The second-order valence-electron chi connectivity index (χ2n) is 10.4. The Labute approximate surface area is 223 Å². The maximum absolute atomic E-state index is 13.6. The van der Waals surface area contributed by atoms with Crippen LogP contribution in [0.5, 0.6) is 0 Å². The number of carbonyl (C=O) groups excluding carboxylic acids is 2. The molecule has 0 saturated heterocycles. The molecule has 0 radical (unpaired) electrons. The number of benzene rings is 1. The molecule has 2 aliphatic heterocycles. The van der Waals surface area contributed by atoms with Gasteiger partial charge in [0.1, 0.15) is 5.84 Å². The lowest BCUT2D eigenvalue weighted by Crippen LogP contribution is -2.46. The number of aliphatic imine (C=N–C) groups is 1. The summed E-state index contributed by atoms with van der Waals surface area (Å²) in [4.78, 5) is 37.7. The van der Waals surface area contributed by atoms with Gasteiger partial charge in [-0.3, -0.25) is 14.6 Å². The van der Waals surface area contributed by atoms with Crippen LogP contribution in [0, 0.1) is 0 Å². The van der Waals surface area contributed by atoms with E-state index in [9.17, 15) is 14.7 Å². The second-order valence-corrected chi connectivity index (χ2v) is 10.4. The fraction of sp³-hybridized carbons (Fsp3) is 0.448. The van der Waals surface area contributed by atoms with Crippen molar-refractivity contribution in [2.45, 2.75) is 57.4 Å². The first-order valence-corrected chi connectivity index (χ1v) is 13.5. The zero-order chi connectivity index (χ0) is 26.7. The summed E-state index contributed by atoms with van der Waals surface area (Å²) >= 11 is 0. The molecule has 1 aromatic carbocycles. The Hall–Kier alpha value is -3.56. The fourth-order valence-corrected chi connectivity index (χ4v) is 5.58. The number of fused-ring (bicyclic) bond motifs is 2. The lowest BCUT2D eigenvalue weighted by Gasteiger charge is -2.41. The van der Waals surface area contributed by atoms with E-state index in [-0.39, 0.29) is 31.4 Å². The van der Waals surface area contributed by atoms with E-state index in [1.54, 1.807) is 11.1 Å². The van der Waals surface area contributed by atoms with Gasteiger partial charge in [0.25, 0.3) is 0 Å². The van der Waals surface area contributed by atoms with Crippen LogP contribution < -0.4 is 16.4 Å². The molecule has 38 heavy (non-hydrogen) atoms. The van der Waals surface area contributed by atoms with Crippen molar-refractivity contribution in [3.05, 3.63) is 58.4 Å². The van der Waals surface area contributed by atoms with E-state index in [4.69, 9.17) is 5.73 Å². The van der Waals surface area contributed by atoms with Crippen molar-refractivity contribution in [3.63, 3.8) is 0 Å². The molecule has 5 rings (SSSR count). The lowest BCUT2D eigenvalue weighted by atomic mass is 9.63. The number of aliphatic hydroxyl groups is 1. The standard InChI is InChI=1S/C29H36N6O3/c1-2-10-35(11-12-36)27(37)20-13-19-4-5-22(16-25(19)34-26(30)15-20)29(7-3-8-29)28(38)33-23-14-21-17-31-9-6-24(21)32-18-23/h4-5,13-14,16,18,31,36H,2-3,6-12,15,17H2,1H3,(H2,30,34)(H,33,38). The molecular formula is C29H36N6O3. The third kappa shape index (κ3) is 5.08. The van der Waals surface area contributed by atoms with Crippen molar-refractivity contribution < 1.29 is 14.7 Å². The number of anilines is 1. The maximum Gasteiger partial charge on any atom is 0.250 e. The molecule has 9 heteroatoms. The van der Waals surface area contributed by atoms with Crippen LogP contribution in [0.25, 0.3) is 6.08 Å². The van der Waals surface area contributed by atoms with Gasteiger partial charge in [-0.25, -0.2) is 4.99 Å². The first-order valence-electron chi connectivity index (χ1n) is 13.5. The van der Waals surface area contributed by atoms with Crippen LogP contribution in [0.4, 0.5) is 11.4 Å². The van der Waals surface area contributed by atoms with Gasteiger partial charge in [-0.15, -0.1) is 0 Å². The topological polar surface area (TPSA) is 133 Å². The van der Waals surface area contributed by atoms with Crippen LogP contribution in [0.15, 0.2) is 41.0 Å². The predicted molar refractivity (Wildman–Crippen MR) is 148 cm³/mol. The molecule has 1 aliphatic carbocycles. The number of nitrogens with one attached hydrogen (secondary N) is 2. The molecule has 0 bridgehead atoms. The van der Waals surface area contributed by atoms with Crippen molar-refractivity contribution in [2.75, 3.05) is 31.6 Å². The molecular weight excluding hydrogens is 480 g/mol. The van der Waals surface area contributed by atoms with Gasteiger partial charge in [0.2, 0.25) is 11.8 Å². The zero-order valence-electron chi connectivity index (χ0n) is 21.9. The molecule has 5 N–H and O–H groups in total. The van der Waals surface area contributed by atoms with Gasteiger partial charge >= 0.3 is 0 Å². The normalized spacial score (nSPS) is 17.6. The number of hydrogen-bond acceptors (Lipinski definition) is 7. The first kappa shape index (κ1) is 26.1. The Morgan fingerprint density at radius 3 is 2.82 bits per heavy atom. The monoisotopic (exact) mass is 516 g/mol. The van der Waals surface area contributed by atoms with Gasteiger partial charge < -0.3 is 26.4 Å². The number of hydrogen-bond donors (Lipinski definition) is 4. The first-order chi connectivity index (χ1) is 18.4. The summed E-state index contributed by atoms with van der Waals surface area (Å²) in [5.74, 6) is 0.173. The average molecular weight is 517 g/mol. The van der Waals surface area contributed by atoms with Gasteiger partial charge in [0, 0.05) is 55.9 Å². The lowest BCUT2D eigenvalue weighted by molar-refractivity contribution is -0.127. The SMILES string of the molecule is CCCN(CCO)C(=O)C1=Cc2ccc(C3(C(=O)Nc4cnc5c(c4)CNCC5)CCC3)cc2N=C(N)C1. The molecule has 1 fully saturated rings. The molecule has 9 nitrogen and oxygen atoms in total. The van der Waals surface area contributed by atoms with E-state index in [1.807, 2.05) is 37.3 Å². The van der Waals surface area contributed by atoms with E-state index in [0.717, 1.165) is 67.6 Å². The molecule has 3 aliphatic rings. The van der Waals surface area contributed by atoms with Gasteiger partial charge in [0.05, 0.1) is 29.6 Å². The fourth-order valence-electron chi connectivity index (χ4n) is 5.58. The van der Waals surface area contributed by atoms with Crippen molar-refractivity contribution in [1.82, 2.24) is 15.2 Å². The highest BCUT2D eigenvalue weighted by atomic mass is 16.3. The maximum atomic E-state index is 13.6. The quantitative estimate of drug-likeness (QED) is 0.427. The highest BCUT2D eigenvalue weighted by Crippen LogP contribution is 2.46. The number of nitrogens with two attached hydrogens (primary N) is 1. The molecule has 0 atom stereocenters. The molecule has 200 valence electrons. The Morgan fingerprint density at radius 2 is 2.08 bits per heavy atom. The van der Waals surface area contributed by atoms with Crippen molar-refractivity contribution in [3.8, 4) is 0 Å². The number of aromatic nitrogens is 1. The van der Waals surface area contributed by atoms with E-state index < -0.39 is 5.41 Å². The summed E-state index contributed by atoms with van der Waals surface area (Å²) < 4.78 is 0.